The van der Waals surface area contributed by atoms with Crippen LogP contribution in [0.2, 0.25) is 0 Å². The predicted octanol–water partition coefficient (Wildman–Crippen LogP) is 0.449. The lowest BCUT2D eigenvalue weighted by molar-refractivity contribution is -0.150. The number of alkyl halides is 2. The third kappa shape index (κ3) is 5.52. The summed E-state index contributed by atoms with van der Waals surface area (Å²) in [6, 6.07) is 9.98. The number of para-hydroxylation sites is 1. The van der Waals surface area contributed by atoms with Crippen LogP contribution in [0.25, 0.3) is 0 Å². The molecule has 13 heteroatoms. The molecular formula is C22H21F2N5O6. The minimum absolute atomic E-state index is 0.0295. The van der Waals surface area contributed by atoms with Crippen LogP contribution in [0.15, 0.2) is 36.4 Å². The number of carbonyl (C=O) groups is 3. The maximum Gasteiger partial charge on any atom is 0.387 e. The van der Waals surface area contributed by atoms with E-state index in [4.69, 9.17) is 21.5 Å². The molecule has 11 nitrogen and oxygen atoms in total. The number of carbonyl (C=O) groups excluding carboxylic acids is 3. The van der Waals surface area contributed by atoms with Crippen molar-refractivity contribution >= 4 is 29.1 Å². The molecule has 1 saturated heterocycles. The Morgan fingerprint density at radius 1 is 1.34 bits per heavy atom. The molecule has 0 aliphatic carbocycles. The highest BCUT2D eigenvalue weighted by Gasteiger charge is 2.40. The van der Waals surface area contributed by atoms with Crippen molar-refractivity contribution in [3.63, 3.8) is 0 Å². The first kappa shape index (κ1) is 25.5. The molecule has 1 aliphatic rings. The SMILES string of the molecule is N#Cc1ccc(NC(=O)C(O)C2OCCN(c3cccc(C(N)=O)c3OC(F)F)C2=O)cc1CN. The first-order chi connectivity index (χ1) is 16.7. The van der Waals surface area contributed by atoms with Crippen LogP contribution in [0.1, 0.15) is 21.5 Å². The second-order valence-corrected chi connectivity index (χ2v) is 7.30. The number of primary amides is 1. The van der Waals surface area contributed by atoms with Gasteiger partial charge in [0.05, 0.1) is 29.5 Å². The summed E-state index contributed by atoms with van der Waals surface area (Å²) in [7, 11) is 0. The van der Waals surface area contributed by atoms with Gasteiger partial charge in [0.2, 0.25) is 0 Å². The monoisotopic (exact) mass is 489 g/mol. The van der Waals surface area contributed by atoms with Gasteiger partial charge in [-0.25, -0.2) is 0 Å². The molecule has 2 aromatic carbocycles. The average molecular weight is 489 g/mol. The number of aliphatic hydroxyl groups excluding tert-OH is 1. The van der Waals surface area contributed by atoms with Crippen LogP contribution in [-0.4, -0.2) is 54.8 Å². The fraction of sp³-hybridized carbons (Fsp3) is 0.273. The highest BCUT2D eigenvalue weighted by molar-refractivity contribution is 6.06. The van der Waals surface area contributed by atoms with Gasteiger partial charge in [0.25, 0.3) is 17.7 Å². The Kier molecular flexibility index (Phi) is 7.92. The maximum absolute atomic E-state index is 13.1. The van der Waals surface area contributed by atoms with Crippen LogP contribution in [0.3, 0.4) is 0 Å². The van der Waals surface area contributed by atoms with Crippen LogP contribution >= 0.6 is 0 Å². The number of ether oxygens (including phenoxy) is 2. The number of benzene rings is 2. The number of nitrogens with one attached hydrogen (secondary N) is 1. The Hall–Kier alpha value is -4.12. The predicted molar refractivity (Wildman–Crippen MR) is 117 cm³/mol. The number of aliphatic hydroxyl groups is 1. The quantitative estimate of drug-likeness (QED) is 0.412. The first-order valence-electron chi connectivity index (χ1n) is 10.2. The van der Waals surface area contributed by atoms with Gasteiger partial charge in [0, 0.05) is 18.8 Å². The smallest absolute Gasteiger partial charge is 0.387 e. The number of nitriles is 1. The molecule has 184 valence electrons. The summed E-state index contributed by atoms with van der Waals surface area (Å²) in [5.74, 6) is -3.59. The average Bonchev–Trinajstić information content (AvgIpc) is 2.83. The van der Waals surface area contributed by atoms with Crippen molar-refractivity contribution in [2.75, 3.05) is 23.4 Å². The van der Waals surface area contributed by atoms with Gasteiger partial charge in [0.1, 0.15) is 0 Å². The zero-order valence-electron chi connectivity index (χ0n) is 18.1. The first-order valence-corrected chi connectivity index (χ1v) is 10.2. The molecule has 0 spiro atoms. The molecule has 6 N–H and O–H groups in total. The molecule has 1 aliphatic heterocycles. The lowest BCUT2D eigenvalue weighted by Crippen LogP contribution is -2.55. The third-order valence-corrected chi connectivity index (χ3v) is 5.15. The number of anilines is 2. The summed E-state index contributed by atoms with van der Waals surface area (Å²) in [6.07, 6.45) is -3.67. The Bertz CT molecular complexity index is 1190. The highest BCUT2D eigenvalue weighted by atomic mass is 19.3. The number of morpholine rings is 1. The lowest BCUT2D eigenvalue weighted by Gasteiger charge is -2.35. The van der Waals surface area contributed by atoms with Gasteiger partial charge in [-0.1, -0.05) is 6.07 Å². The zero-order chi connectivity index (χ0) is 25.7. The molecule has 3 rings (SSSR count). The summed E-state index contributed by atoms with van der Waals surface area (Å²) in [4.78, 5) is 38.3. The van der Waals surface area contributed by atoms with Gasteiger partial charge in [-0.05, 0) is 35.9 Å². The molecule has 0 bridgehead atoms. The van der Waals surface area contributed by atoms with E-state index in [1.54, 1.807) is 0 Å². The van der Waals surface area contributed by atoms with E-state index in [1.807, 2.05) is 6.07 Å². The van der Waals surface area contributed by atoms with E-state index in [2.05, 4.69) is 10.1 Å². The molecule has 0 radical (unpaired) electrons. The summed E-state index contributed by atoms with van der Waals surface area (Å²) in [5.41, 5.74) is 11.2. The zero-order valence-corrected chi connectivity index (χ0v) is 18.1. The Labute approximate surface area is 197 Å². The van der Waals surface area contributed by atoms with Crippen molar-refractivity contribution in [2.24, 2.45) is 11.5 Å². The minimum Gasteiger partial charge on any atom is -0.432 e. The maximum atomic E-state index is 13.1. The number of nitrogens with zero attached hydrogens (tertiary/aromatic N) is 2. The van der Waals surface area contributed by atoms with Crippen molar-refractivity contribution in [3.8, 4) is 11.8 Å². The summed E-state index contributed by atoms with van der Waals surface area (Å²) in [5, 5.41) is 22.0. The molecule has 0 saturated carbocycles. The van der Waals surface area contributed by atoms with E-state index in [1.165, 1.54) is 30.3 Å². The second kappa shape index (κ2) is 10.9. The normalized spacial score (nSPS) is 16.5. The van der Waals surface area contributed by atoms with Gasteiger partial charge >= 0.3 is 6.61 Å². The van der Waals surface area contributed by atoms with Crippen LogP contribution in [0, 0.1) is 11.3 Å². The molecule has 1 heterocycles. The molecule has 2 atom stereocenters. The van der Waals surface area contributed by atoms with Gasteiger partial charge in [-0.2, -0.15) is 14.0 Å². The molecule has 2 aromatic rings. The molecule has 35 heavy (non-hydrogen) atoms. The van der Waals surface area contributed by atoms with Crippen molar-refractivity contribution in [1.29, 1.82) is 5.26 Å². The highest BCUT2D eigenvalue weighted by Crippen LogP contribution is 2.35. The lowest BCUT2D eigenvalue weighted by atomic mass is 10.1. The minimum atomic E-state index is -3.32. The van der Waals surface area contributed by atoms with Crippen LogP contribution in [0.5, 0.6) is 5.75 Å². The number of rotatable bonds is 8. The van der Waals surface area contributed by atoms with Crippen molar-refractivity contribution in [1.82, 2.24) is 0 Å². The third-order valence-electron chi connectivity index (χ3n) is 5.15. The summed E-state index contributed by atoms with van der Waals surface area (Å²) in [6.45, 7) is -3.59. The van der Waals surface area contributed by atoms with Gasteiger partial charge in [-0.3, -0.25) is 14.4 Å². The Balaban J connectivity index is 1.84. The van der Waals surface area contributed by atoms with Gasteiger partial charge in [-0.15, -0.1) is 0 Å². The van der Waals surface area contributed by atoms with E-state index in [9.17, 15) is 28.3 Å². The van der Waals surface area contributed by atoms with E-state index >= 15 is 0 Å². The number of halogens is 2. The van der Waals surface area contributed by atoms with E-state index in [0.717, 1.165) is 11.0 Å². The van der Waals surface area contributed by atoms with Crippen LogP contribution < -0.4 is 26.4 Å². The molecule has 3 amide bonds. The molecule has 0 aromatic heterocycles. The van der Waals surface area contributed by atoms with E-state index in [-0.39, 0.29) is 36.6 Å². The number of nitrogens with two attached hydrogens (primary N) is 2. The van der Waals surface area contributed by atoms with Crippen molar-refractivity contribution in [2.45, 2.75) is 25.4 Å². The fourth-order valence-corrected chi connectivity index (χ4v) is 3.52. The molecule has 2 unspecified atom stereocenters. The number of hydrogen-bond acceptors (Lipinski definition) is 8. The van der Waals surface area contributed by atoms with Crippen molar-refractivity contribution < 1.29 is 37.7 Å². The summed E-state index contributed by atoms with van der Waals surface area (Å²) < 4.78 is 35.8. The topological polar surface area (TPSA) is 181 Å². The number of amides is 3. The molecule has 1 fully saturated rings. The summed E-state index contributed by atoms with van der Waals surface area (Å²) >= 11 is 0. The Morgan fingerprint density at radius 2 is 2.09 bits per heavy atom. The van der Waals surface area contributed by atoms with E-state index < -0.39 is 42.3 Å². The van der Waals surface area contributed by atoms with E-state index in [0.29, 0.717) is 11.1 Å². The largest absolute Gasteiger partial charge is 0.432 e. The van der Waals surface area contributed by atoms with Crippen molar-refractivity contribution in [3.05, 3.63) is 53.1 Å². The standard InChI is InChI=1S/C22H21F2N5O6/c23-22(24)35-17-14(19(27)31)2-1-3-15(17)29-6-7-34-18(21(29)33)16(30)20(32)28-13-5-4-11(9-25)12(8-13)10-26/h1-5,8,16,18,22,30H,6-7,10,26H2,(H2,27,31)(H,28,32). The Morgan fingerprint density at radius 3 is 2.71 bits per heavy atom. The van der Waals surface area contributed by atoms with Gasteiger partial charge in [0.15, 0.2) is 18.0 Å². The van der Waals surface area contributed by atoms with Crippen LogP contribution in [-0.2, 0) is 20.9 Å². The number of hydrogen-bond donors (Lipinski definition) is 4. The fourth-order valence-electron chi connectivity index (χ4n) is 3.52. The van der Waals surface area contributed by atoms with Crippen LogP contribution in [0.4, 0.5) is 20.2 Å². The molecular weight excluding hydrogens is 468 g/mol. The second-order valence-electron chi connectivity index (χ2n) is 7.30. The van der Waals surface area contributed by atoms with Gasteiger partial charge < -0.3 is 36.3 Å².